The van der Waals surface area contributed by atoms with Crippen molar-refractivity contribution in [3.05, 3.63) is 69.7 Å². The summed E-state index contributed by atoms with van der Waals surface area (Å²) < 4.78 is 1.09. The van der Waals surface area contributed by atoms with Gasteiger partial charge >= 0.3 is 0 Å². The van der Waals surface area contributed by atoms with Crippen LogP contribution in [0.25, 0.3) is 6.08 Å². The van der Waals surface area contributed by atoms with Crippen LogP contribution in [0.1, 0.15) is 23.6 Å². The molecule has 0 unspecified atom stereocenters. The largest absolute Gasteiger partial charge is 0.507 e. The fraction of sp³-hybridized carbons (Fsp3) is 0.176. The summed E-state index contributed by atoms with van der Waals surface area (Å²) in [5.74, 6) is 0.319. The molecule has 0 spiro atoms. The molecule has 104 valence electrons. The quantitative estimate of drug-likeness (QED) is 0.846. The molecule has 0 aromatic heterocycles. The molecule has 0 amide bonds. The lowest BCUT2D eigenvalue weighted by Crippen LogP contribution is -2.12. The third-order valence-corrected chi connectivity index (χ3v) is 3.54. The van der Waals surface area contributed by atoms with Gasteiger partial charge in [0.1, 0.15) is 5.75 Å². The molecular weight excluding hydrogens is 314 g/mol. The molecule has 2 nitrogen and oxygen atoms in total. The molecule has 0 saturated heterocycles. The first kappa shape index (κ1) is 14.8. The Labute approximate surface area is 128 Å². The van der Waals surface area contributed by atoms with Crippen LogP contribution in [0.2, 0.25) is 0 Å². The van der Waals surface area contributed by atoms with Crippen LogP contribution >= 0.6 is 15.9 Å². The third-order valence-electron chi connectivity index (χ3n) is 3.01. The minimum Gasteiger partial charge on any atom is -0.507 e. The predicted octanol–water partition coefficient (Wildman–Crippen LogP) is 4.48. The molecule has 0 radical (unpaired) electrons. The van der Waals surface area contributed by atoms with Crippen LogP contribution in [0.3, 0.4) is 0 Å². The molecule has 2 N–H and O–H groups in total. The lowest BCUT2D eigenvalue weighted by molar-refractivity contribution is 0.473. The van der Waals surface area contributed by atoms with E-state index in [4.69, 9.17) is 0 Å². The van der Waals surface area contributed by atoms with Gasteiger partial charge in [0, 0.05) is 23.1 Å². The highest BCUT2D eigenvalue weighted by Crippen LogP contribution is 2.20. The van der Waals surface area contributed by atoms with Crippen LogP contribution in [0.4, 0.5) is 0 Å². The van der Waals surface area contributed by atoms with Gasteiger partial charge in [0.05, 0.1) is 0 Å². The Bertz CT molecular complexity index is 590. The normalized spacial score (nSPS) is 11.1. The van der Waals surface area contributed by atoms with Crippen molar-refractivity contribution in [3.63, 3.8) is 0 Å². The summed E-state index contributed by atoms with van der Waals surface area (Å²) in [5, 5.41) is 13.1. The molecule has 2 aromatic carbocycles. The van der Waals surface area contributed by atoms with Gasteiger partial charge in [0.15, 0.2) is 0 Å². The Balaban J connectivity index is 1.94. The van der Waals surface area contributed by atoms with Gasteiger partial charge in [-0.05, 0) is 42.3 Å². The van der Waals surface area contributed by atoms with E-state index in [1.165, 1.54) is 5.56 Å². The summed E-state index contributed by atoms with van der Waals surface area (Å²) in [6, 6.07) is 14.0. The zero-order chi connectivity index (χ0) is 14.4. The van der Waals surface area contributed by atoms with E-state index < -0.39 is 0 Å². The Hall–Kier alpha value is -1.58. The Morgan fingerprint density at radius 2 is 1.70 bits per heavy atom. The summed E-state index contributed by atoms with van der Waals surface area (Å²) in [6.45, 7) is 3.55. The number of benzene rings is 2. The van der Waals surface area contributed by atoms with Crippen LogP contribution < -0.4 is 5.32 Å². The number of hydrogen-bond acceptors (Lipinski definition) is 2. The number of aromatic hydroxyl groups is 1. The van der Waals surface area contributed by atoms with E-state index in [1.807, 2.05) is 43.3 Å². The number of phenolic OH excluding ortho intramolecular Hbond substituents is 1. The number of halogens is 1. The molecule has 3 heteroatoms. The van der Waals surface area contributed by atoms with E-state index in [-0.39, 0.29) is 0 Å². The van der Waals surface area contributed by atoms with Gasteiger partial charge in [-0.15, -0.1) is 0 Å². The molecule has 20 heavy (non-hydrogen) atoms. The topological polar surface area (TPSA) is 32.3 Å². The molecule has 0 heterocycles. The molecule has 0 aliphatic heterocycles. The number of allylic oxidation sites excluding steroid dienone is 1. The second-order valence-corrected chi connectivity index (χ2v) is 5.54. The van der Waals surface area contributed by atoms with Crippen LogP contribution in [0.15, 0.2) is 53.0 Å². The average molecular weight is 332 g/mol. The Morgan fingerprint density at radius 1 is 1.05 bits per heavy atom. The van der Waals surface area contributed by atoms with Crippen molar-refractivity contribution in [2.45, 2.75) is 20.0 Å². The maximum Gasteiger partial charge on any atom is 0.122 e. The van der Waals surface area contributed by atoms with Gasteiger partial charge in [-0.3, -0.25) is 0 Å². The van der Waals surface area contributed by atoms with Gasteiger partial charge in [0.25, 0.3) is 0 Å². The fourth-order valence-electron chi connectivity index (χ4n) is 1.98. The van der Waals surface area contributed by atoms with Gasteiger partial charge in [-0.2, -0.15) is 0 Å². The molecule has 0 bridgehead atoms. The van der Waals surface area contributed by atoms with E-state index in [2.05, 4.69) is 33.4 Å². The molecule has 0 atom stereocenters. The summed E-state index contributed by atoms with van der Waals surface area (Å²) in [7, 11) is 0. The first-order valence-electron chi connectivity index (χ1n) is 6.59. The average Bonchev–Trinajstić information content (AvgIpc) is 2.45. The minimum absolute atomic E-state index is 0.319. The molecule has 0 saturated carbocycles. The standard InChI is InChI=1S/C17H18BrNO/c1-2-3-15-10-14(6-9-17(15)20)12-19-11-13-4-7-16(18)8-5-13/h2-10,19-20H,11-12H2,1H3/b3-2+. The number of phenols is 1. The number of rotatable bonds is 5. The van der Waals surface area contributed by atoms with Crippen LogP contribution in [-0.2, 0) is 13.1 Å². The molecular formula is C17H18BrNO. The van der Waals surface area contributed by atoms with Crippen molar-refractivity contribution in [1.82, 2.24) is 5.32 Å². The number of nitrogens with one attached hydrogen (secondary N) is 1. The summed E-state index contributed by atoms with van der Waals surface area (Å²) >= 11 is 3.43. The second-order valence-electron chi connectivity index (χ2n) is 4.62. The van der Waals surface area contributed by atoms with Gasteiger partial charge in [-0.25, -0.2) is 0 Å². The van der Waals surface area contributed by atoms with Crippen molar-refractivity contribution in [1.29, 1.82) is 0 Å². The monoisotopic (exact) mass is 331 g/mol. The lowest BCUT2D eigenvalue weighted by Gasteiger charge is -2.07. The second kappa shape index (κ2) is 7.27. The maximum atomic E-state index is 9.72. The van der Waals surface area contributed by atoms with Crippen molar-refractivity contribution >= 4 is 22.0 Å². The van der Waals surface area contributed by atoms with Crippen molar-refractivity contribution in [3.8, 4) is 5.75 Å². The summed E-state index contributed by atoms with van der Waals surface area (Å²) in [4.78, 5) is 0. The lowest BCUT2D eigenvalue weighted by atomic mass is 10.1. The minimum atomic E-state index is 0.319. The van der Waals surface area contributed by atoms with E-state index in [1.54, 1.807) is 6.07 Å². The van der Waals surface area contributed by atoms with Gasteiger partial charge < -0.3 is 10.4 Å². The van der Waals surface area contributed by atoms with E-state index in [9.17, 15) is 5.11 Å². The smallest absolute Gasteiger partial charge is 0.122 e. The van der Waals surface area contributed by atoms with E-state index >= 15 is 0 Å². The summed E-state index contributed by atoms with van der Waals surface area (Å²) in [5.41, 5.74) is 3.27. The van der Waals surface area contributed by atoms with Crippen molar-refractivity contribution < 1.29 is 5.11 Å². The summed E-state index contributed by atoms with van der Waals surface area (Å²) in [6.07, 6.45) is 3.83. The molecule has 2 rings (SSSR count). The van der Waals surface area contributed by atoms with Crippen LogP contribution in [-0.4, -0.2) is 5.11 Å². The maximum absolute atomic E-state index is 9.72. The van der Waals surface area contributed by atoms with Crippen molar-refractivity contribution in [2.24, 2.45) is 0 Å². The van der Waals surface area contributed by atoms with Crippen molar-refractivity contribution in [2.75, 3.05) is 0 Å². The SMILES string of the molecule is C/C=C/c1cc(CNCc2ccc(Br)cc2)ccc1O. The molecule has 0 aliphatic rings. The molecule has 0 fully saturated rings. The predicted molar refractivity (Wildman–Crippen MR) is 87.5 cm³/mol. The van der Waals surface area contributed by atoms with Crippen LogP contribution in [0.5, 0.6) is 5.75 Å². The first-order valence-corrected chi connectivity index (χ1v) is 7.38. The van der Waals surface area contributed by atoms with E-state index in [0.29, 0.717) is 5.75 Å². The fourth-order valence-corrected chi connectivity index (χ4v) is 2.24. The van der Waals surface area contributed by atoms with Gasteiger partial charge in [0.2, 0.25) is 0 Å². The highest BCUT2D eigenvalue weighted by Gasteiger charge is 2.00. The Kier molecular flexibility index (Phi) is 5.39. The van der Waals surface area contributed by atoms with E-state index in [0.717, 1.165) is 28.7 Å². The molecule has 2 aromatic rings. The third kappa shape index (κ3) is 4.22. The zero-order valence-electron chi connectivity index (χ0n) is 11.4. The number of hydrogen-bond donors (Lipinski definition) is 2. The highest BCUT2D eigenvalue weighted by molar-refractivity contribution is 9.10. The zero-order valence-corrected chi connectivity index (χ0v) is 13.0. The molecule has 0 aliphatic carbocycles. The highest BCUT2D eigenvalue weighted by atomic mass is 79.9. The Morgan fingerprint density at radius 3 is 2.40 bits per heavy atom. The van der Waals surface area contributed by atoms with Gasteiger partial charge in [-0.1, -0.05) is 46.3 Å². The van der Waals surface area contributed by atoms with Crippen LogP contribution in [0, 0.1) is 0 Å². The first-order chi connectivity index (χ1) is 9.69.